The van der Waals surface area contributed by atoms with Crippen molar-refractivity contribution in [2.45, 2.75) is 13.0 Å². The van der Waals surface area contributed by atoms with E-state index in [2.05, 4.69) is 15.6 Å². The Labute approximate surface area is 101 Å². The normalized spacial score (nSPS) is 16.8. The van der Waals surface area contributed by atoms with Gasteiger partial charge in [0.1, 0.15) is 0 Å². The summed E-state index contributed by atoms with van der Waals surface area (Å²) in [7, 11) is 0. The van der Waals surface area contributed by atoms with E-state index in [0.29, 0.717) is 0 Å². The molecular formula is C11H16ClN3O. The maximum Gasteiger partial charge on any atom is 0.226 e. The van der Waals surface area contributed by atoms with E-state index in [1.54, 1.807) is 6.20 Å². The third-order valence-electron chi connectivity index (χ3n) is 2.64. The van der Waals surface area contributed by atoms with Gasteiger partial charge in [0, 0.05) is 19.3 Å². The van der Waals surface area contributed by atoms with Gasteiger partial charge in [-0.2, -0.15) is 0 Å². The molecule has 1 aromatic rings. The van der Waals surface area contributed by atoms with Gasteiger partial charge in [-0.15, -0.1) is 12.4 Å². The number of amides is 1. The fourth-order valence-corrected chi connectivity index (χ4v) is 1.51. The number of hydrogen-bond acceptors (Lipinski definition) is 3. The van der Waals surface area contributed by atoms with E-state index in [-0.39, 0.29) is 30.3 Å². The smallest absolute Gasteiger partial charge is 0.226 e. The highest BCUT2D eigenvalue weighted by molar-refractivity contribution is 5.85. The minimum absolute atomic E-state index is 0. The first-order valence-corrected chi connectivity index (χ1v) is 5.19. The number of halogens is 1. The lowest BCUT2D eigenvalue weighted by Gasteiger charge is -2.27. The summed E-state index contributed by atoms with van der Waals surface area (Å²) in [4.78, 5) is 15.8. The van der Waals surface area contributed by atoms with Crippen molar-refractivity contribution in [1.82, 2.24) is 15.6 Å². The Morgan fingerprint density at radius 2 is 2.31 bits per heavy atom. The third kappa shape index (κ3) is 2.93. The summed E-state index contributed by atoms with van der Waals surface area (Å²) < 4.78 is 0. The molecule has 0 saturated carbocycles. The standard InChI is InChI=1S/C11H15N3O.ClH/c1-8(10-4-2-3-5-13-10)14-11(15)9-6-12-7-9;/h2-5,8-9,12H,6-7H2,1H3,(H,14,15);1H. The molecule has 2 N–H and O–H groups in total. The molecule has 88 valence electrons. The average Bonchev–Trinajstić information content (AvgIpc) is 2.16. The number of carbonyl (C=O) groups excluding carboxylic acids is 1. The molecule has 1 unspecified atom stereocenters. The maximum atomic E-state index is 11.6. The van der Waals surface area contributed by atoms with E-state index in [9.17, 15) is 4.79 Å². The van der Waals surface area contributed by atoms with Crippen LogP contribution in [-0.4, -0.2) is 24.0 Å². The second-order valence-electron chi connectivity index (χ2n) is 3.84. The predicted octanol–water partition coefficient (Wildman–Crippen LogP) is 0.900. The Kier molecular flexibility index (Phi) is 4.71. The Hall–Kier alpha value is -1.13. The van der Waals surface area contributed by atoms with Gasteiger partial charge in [-0.25, -0.2) is 0 Å². The van der Waals surface area contributed by atoms with Crippen molar-refractivity contribution >= 4 is 18.3 Å². The molecule has 4 nitrogen and oxygen atoms in total. The van der Waals surface area contributed by atoms with Crippen LogP contribution in [0.25, 0.3) is 0 Å². The zero-order valence-corrected chi connectivity index (χ0v) is 9.96. The van der Waals surface area contributed by atoms with Crippen molar-refractivity contribution < 1.29 is 4.79 Å². The molecule has 16 heavy (non-hydrogen) atoms. The van der Waals surface area contributed by atoms with E-state index < -0.39 is 0 Å². The lowest BCUT2D eigenvalue weighted by atomic mass is 10.0. The molecule has 1 aliphatic heterocycles. The lowest BCUT2D eigenvalue weighted by Crippen LogP contribution is -2.51. The van der Waals surface area contributed by atoms with Crippen LogP contribution in [0.5, 0.6) is 0 Å². The third-order valence-corrected chi connectivity index (χ3v) is 2.64. The number of nitrogens with zero attached hydrogens (tertiary/aromatic N) is 1. The molecule has 2 heterocycles. The molecular weight excluding hydrogens is 226 g/mol. The van der Waals surface area contributed by atoms with Crippen molar-refractivity contribution in [3.8, 4) is 0 Å². The second-order valence-corrected chi connectivity index (χ2v) is 3.84. The number of carbonyl (C=O) groups is 1. The number of rotatable bonds is 3. The minimum atomic E-state index is -0.0145. The summed E-state index contributed by atoms with van der Waals surface area (Å²) in [5, 5.41) is 6.04. The summed E-state index contributed by atoms with van der Waals surface area (Å²) >= 11 is 0. The molecule has 1 aliphatic rings. The van der Waals surface area contributed by atoms with Crippen LogP contribution >= 0.6 is 12.4 Å². The van der Waals surface area contributed by atoms with Crippen LogP contribution in [0.15, 0.2) is 24.4 Å². The zero-order chi connectivity index (χ0) is 10.7. The molecule has 5 heteroatoms. The Morgan fingerprint density at radius 3 is 2.81 bits per heavy atom. The van der Waals surface area contributed by atoms with Crippen LogP contribution < -0.4 is 10.6 Å². The van der Waals surface area contributed by atoms with Crippen LogP contribution in [0.1, 0.15) is 18.7 Å². The largest absolute Gasteiger partial charge is 0.348 e. The molecule has 0 aliphatic carbocycles. The topological polar surface area (TPSA) is 54.0 Å². The molecule has 2 rings (SSSR count). The first-order valence-electron chi connectivity index (χ1n) is 5.19. The average molecular weight is 242 g/mol. The summed E-state index contributed by atoms with van der Waals surface area (Å²) in [6.45, 7) is 3.54. The van der Waals surface area contributed by atoms with Gasteiger partial charge in [-0.3, -0.25) is 9.78 Å². The van der Waals surface area contributed by atoms with E-state index >= 15 is 0 Å². The maximum absolute atomic E-state index is 11.6. The van der Waals surface area contributed by atoms with Crippen molar-refractivity contribution in [1.29, 1.82) is 0 Å². The van der Waals surface area contributed by atoms with Gasteiger partial charge in [0.05, 0.1) is 17.7 Å². The predicted molar refractivity (Wildman–Crippen MR) is 64.4 cm³/mol. The number of aromatic nitrogens is 1. The monoisotopic (exact) mass is 241 g/mol. The fourth-order valence-electron chi connectivity index (χ4n) is 1.51. The molecule has 0 bridgehead atoms. The Bertz CT molecular complexity index is 340. The van der Waals surface area contributed by atoms with Gasteiger partial charge < -0.3 is 10.6 Å². The quantitative estimate of drug-likeness (QED) is 0.827. The van der Waals surface area contributed by atoms with E-state index in [4.69, 9.17) is 0 Å². The Balaban J connectivity index is 0.00000128. The highest BCUT2D eigenvalue weighted by atomic mass is 35.5. The molecule has 0 radical (unpaired) electrons. The first-order chi connectivity index (χ1) is 7.27. The van der Waals surface area contributed by atoms with Crippen LogP contribution in [0.3, 0.4) is 0 Å². The SMILES string of the molecule is CC(NC(=O)C1CNC1)c1ccccn1.Cl. The van der Waals surface area contributed by atoms with Crippen LogP contribution in [0, 0.1) is 5.92 Å². The molecule has 1 atom stereocenters. The summed E-state index contributed by atoms with van der Waals surface area (Å²) in [6, 6.07) is 5.70. The van der Waals surface area contributed by atoms with Crippen molar-refractivity contribution in [2.75, 3.05) is 13.1 Å². The summed E-state index contributed by atoms with van der Waals surface area (Å²) in [5.74, 6) is 0.253. The van der Waals surface area contributed by atoms with Crippen LogP contribution in [0.4, 0.5) is 0 Å². The molecule has 1 amide bonds. The highest BCUT2D eigenvalue weighted by Crippen LogP contribution is 2.10. The van der Waals surface area contributed by atoms with E-state index in [1.807, 2.05) is 25.1 Å². The van der Waals surface area contributed by atoms with Gasteiger partial charge in [0.15, 0.2) is 0 Å². The van der Waals surface area contributed by atoms with Gasteiger partial charge in [0.25, 0.3) is 0 Å². The van der Waals surface area contributed by atoms with Gasteiger partial charge >= 0.3 is 0 Å². The van der Waals surface area contributed by atoms with Gasteiger partial charge in [-0.05, 0) is 19.1 Å². The van der Waals surface area contributed by atoms with E-state index in [1.165, 1.54) is 0 Å². The molecule has 0 aromatic carbocycles. The van der Waals surface area contributed by atoms with Gasteiger partial charge in [-0.1, -0.05) is 6.07 Å². The number of hydrogen-bond donors (Lipinski definition) is 2. The molecule has 1 aromatic heterocycles. The highest BCUT2D eigenvalue weighted by Gasteiger charge is 2.25. The zero-order valence-electron chi connectivity index (χ0n) is 9.14. The van der Waals surface area contributed by atoms with Crippen molar-refractivity contribution in [3.05, 3.63) is 30.1 Å². The summed E-state index contributed by atoms with van der Waals surface area (Å²) in [5.41, 5.74) is 0.901. The van der Waals surface area contributed by atoms with Crippen molar-refractivity contribution in [2.24, 2.45) is 5.92 Å². The van der Waals surface area contributed by atoms with Crippen LogP contribution in [-0.2, 0) is 4.79 Å². The number of pyridine rings is 1. The van der Waals surface area contributed by atoms with Gasteiger partial charge in [0.2, 0.25) is 5.91 Å². The Morgan fingerprint density at radius 1 is 1.56 bits per heavy atom. The lowest BCUT2D eigenvalue weighted by molar-refractivity contribution is -0.127. The summed E-state index contributed by atoms with van der Waals surface area (Å²) in [6.07, 6.45) is 1.74. The van der Waals surface area contributed by atoms with E-state index in [0.717, 1.165) is 18.8 Å². The molecule has 0 spiro atoms. The minimum Gasteiger partial charge on any atom is -0.348 e. The number of nitrogens with one attached hydrogen (secondary N) is 2. The second kappa shape index (κ2) is 5.82. The fraction of sp³-hybridized carbons (Fsp3) is 0.455. The van der Waals surface area contributed by atoms with Crippen LogP contribution in [0.2, 0.25) is 0 Å². The molecule has 1 fully saturated rings. The van der Waals surface area contributed by atoms with Crippen molar-refractivity contribution in [3.63, 3.8) is 0 Å². The first kappa shape index (κ1) is 12.9. The molecule has 1 saturated heterocycles.